The van der Waals surface area contributed by atoms with Crippen molar-refractivity contribution in [1.29, 1.82) is 0 Å². The van der Waals surface area contributed by atoms with Gasteiger partial charge >= 0.3 is 6.18 Å². The van der Waals surface area contributed by atoms with E-state index in [1.54, 1.807) is 48.5 Å². The molecule has 1 unspecified atom stereocenters. The summed E-state index contributed by atoms with van der Waals surface area (Å²) in [6.45, 7) is 0.486. The normalized spacial score (nSPS) is 13.8. The van der Waals surface area contributed by atoms with Crippen LogP contribution in [0.3, 0.4) is 0 Å². The minimum Gasteiger partial charge on any atom is -0.398 e. The molecule has 6 nitrogen and oxygen atoms in total. The molecule has 9 heteroatoms. The molecular formula is C31H27F3N4O2. The van der Waals surface area contributed by atoms with Gasteiger partial charge in [0.2, 0.25) is 5.91 Å². The van der Waals surface area contributed by atoms with E-state index in [0.29, 0.717) is 33.7 Å². The van der Waals surface area contributed by atoms with E-state index >= 15 is 0 Å². The van der Waals surface area contributed by atoms with Gasteiger partial charge < -0.3 is 16.0 Å². The number of nitrogens with one attached hydrogen (secondary N) is 1. The number of aromatic nitrogens is 1. The van der Waals surface area contributed by atoms with Gasteiger partial charge in [0.25, 0.3) is 5.91 Å². The molecule has 3 aromatic carbocycles. The summed E-state index contributed by atoms with van der Waals surface area (Å²) in [7, 11) is 0. The average Bonchev–Trinajstić information content (AvgIpc) is 3.28. The number of halogens is 3. The number of pyridine rings is 1. The summed E-state index contributed by atoms with van der Waals surface area (Å²) >= 11 is 0. The Morgan fingerprint density at radius 3 is 2.35 bits per heavy atom. The molecule has 0 radical (unpaired) electrons. The number of rotatable bonds is 7. The summed E-state index contributed by atoms with van der Waals surface area (Å²) in [6, 6.07) is 22.1. The predicted molar refractivity (Wildman–Crippen MR) is 149 cm³/mol. The number of nitrogens with two attached hydrogens (primary N) is 1. The van der Waals surface area contributed by atoms with E-state index in [1.807, 2.05) is 25.1 Å². The first-order valence-electron chi connectivity index (χ1n) is 12.9. The molecule has 1 aliphatic carbocycles. The first-order valence-corrected chi connectivity index (χ1v) is 12.9. The van der Waals surface area contributed by atoms with E-state index in [0.717, 1.165) is 23.1 Å². The van der Waals surface area contributed by atoms with Crippen molar-refractivity contribution in [1.82, 2.24) is 4.98 Å². The van der Waals surface area contributed by atoms with Crippen molar-refractivity contribution in [3.63, 3.8) is 0 Å². The number of amides is 2. The molecule has 1 heterocycles. The van der Waals surface area contributed by atoms with Crippen LogP contribution in [0.5, 0.6) is 0 Å². The van der Waals surface area contributed by atoms with Gasteiger partial charge in [-0.05, 0) is 64.6 Å². The van der Waals surface area contributed by atoms with E-state index in [9.17, 15) is 22.8 Å². The summed E-state index contributed by atoms with van der Waals surface area (Å²) in [5.74, 6) is -1.96. The molecule has 0 spiro atoms. The number of hydrogen-bond acceptors (Lipinski definition) is 4. The van der Waals surface area contributed by atoms with E-state index in [1.165, 1.54) is 18.3 Å². The quantitative estimate of drug-likeness (QED) is 0.258. The van der Waals surface area contributed by atoms with Crippen molar-refractivity contribution in [3.05, 3.63) is 107 Å². The fourth-order valence-corrected chi connectivity index (χ4v) is 5.21. The second kappa shape index (κ2) is 10.8. The van der Waals surface area contributed by atoms with Gasteiger partial charge in [-0.1, -0.05) is 61.9 Å². The maximum atomic E-state index is 14.2. The largest absolute Gasteiger partial charge is 0.406 e. The summed E-state index contributed by atoms with van der Waals surface area (Å²) in [5.41, 5.74) is 10.9. The lowest BCUT2D eigenvalue weighted by Crippen LogP contribution is -2.42. The van der Waals surface area contributed by atoms with Gasteiger partial charge in [0.15, 0.2) is 0 Å². The lowest BCUT2D eigenvalue weighted by atomic mass is 9.88. The number of anilines is 3. The zero-order valence-corrected chi connectivity index (χ0v) is 21.7. The Balaban J connectivity index is 1.53. The van der Waals surface area contributed by atoms with Gasteiger partial charge in [-0.2, -0.15) is 13.2 Å². The maximum absolute atomic E-state index is 14.2. The second-order valence-corrected chi connectivity index (χ2v) is 9.63. The van der Waals surface area contributed by atoms with Crippen molar-refractivity contribution in [2.24, 2.45) is 0 Å². The molecule has 1 aromatic heterocycles. The van der Waals surface area contributed by atoms with Gasteiger partial charge in [-0.3, -0.25) is 9.59 Å². The Labute approximate surface area is 229 Å². The molecular weight excluding hydrogens is 517 g/mol. The minimum absolute atomic E-state index is 0.0353. The second-order valence-electron chi connectivity index (χ2n) is 9.63. The molecule has 40 heavy (non-hydrogen) atoms. The van der Waals surface area contributed by atoms with Crippen LogP contribution in [0, 0.1) is 0 Å². The van der Waals surface area contributed by atoms with Crippen LogP contribution in [-0.4, -0.2) is 29.5 Å². The monoisotopic (exact) mass is 544 g/mol. The molecule has 204 valence electrons. The lowest BCUT2D eigenvalue weighted by molar-refractivity contribution is -0.132. The molecule has 0 saturated carbocycles. The van der Waals surface area contributed by atoms with E-state index in [2.05, 4.69) is 10.3 Å². The molecule has 2 amide bonds. The molecule has 0 aliphatic heterocycles. The highest BCUT2D eigenvalue weighted by atomic mass is 19.4. The van der Waals surface area contributed by atoms with Crippen molar-refractivity contribution in [2.75, 3.05) is 22.5 Å². The van der Waals surface area contributed by atoms with Crippen molar-refractivity contribution < 1.29 is 22.8 Å². The first-order chi connectivity index (χ1) is 19.2. The molecule has 0 bridgehead atoms. The van der Waals surface area contributed by atoms with Gasteiger partial charge in [0, 0.05) is 11.3 Å². The molecule has 1 aliphatic rings. The van der Waals surface area contributed by atoms with Crippen molar-refractivity contribution in [2.45, 2.75) is 31.9 Å². The number of alkyl halides is 3. The van der Waals surface area contributed by atoms with Crippen molar-refractivity contribution in [3.8, 4) is 11.1 Å². The molecule has 0 fully saturated rings. The summed E-state index contributed by atoms with van der Waals surface area (Å²) in [6.07, 6.45) is -2.16. The van der Waals surface area contributed by atoms with Crippen molar-refractivity contribution >= 4 is 29.0 Å². The number of carbonyl (C=O) groups is 2. The van der Waals surface area contributed by atoms with Crippen LogP contribution >= 0.6 is 0 Å². The highest BCUT2D eigenvalue weighted by Crippen LogP contribution is 2.49. The third kappa shape index (κ3) is 5.27. The number of nitrogens with zero attached hydrogens (tertiary/aromatic N) is 2. The number of nitrogen functional groups attached to an aromatic ring is 1. The summed E-state index contributed by atoms with van der Waals surface area (Å²) < 4.78 is 41.5. The van der Waals surface area contributed by atoms with Crippen LogP contribution in [0.1, 0.15) is 46.3 Å². The van der Waals surface area contributed by atoms with Gasteiger partial charge in [0.05, 0.1) is 17.8 Å². The van der Waals surface area contributed by atoms with Crippen LogP contribution in [0.2, 0.25) is 0 Å². The maximum Gasteiger partial charge on any atom is 0.406 e. The van der Waals surface area contributed by atoms with Crippen LogP contribution in [0.15, 0.2) is 85.1 Å². The molecule has 3 N–H and O–H groups in total. The Hall–Kier alpha value is -4.66. The highest BCUT2D eigenvalue weighted by molar-refractivity contribution is 6.06. The SMILES string of the molecule is CCCc1c(N)ccc2c1C(C(=O)N(CC(F)(F)F)c1ccc(NC(=O)c3ccccc3)nc1)c1ccccc1-2. The van der Waals surface area contributed by atoms with Gasteiger partial charge in [-0.25, -0.2) is 4.98 Å². The highest BCUT2D eigenvalue weighted by Gasteiger charge is 2.42. The average molecular weight is 545 g/mol. The Morgan fingerprint density at radius 2 is 1.68 bits per heavy atom. The molecule has 1 atom stereocenters. The van der Waals surface area contributed by atoms with Crippen LogP contribution in [0.25, 0.3) is 11.1 Å². The Kier molecular flexibility index (Phi) is 7.30. The fraction of sp³-hybridized carbons (Fsp3) is 0.194. The number of benzene rings is 3. The Bertz CT molecular complexity index is 1550. The standard InChI is InChI=1S/C31H27F3N4O2/c1-2-8-24-25(35)15-14-23-21-11-6-7-12-22(21)28(27(23)24)30(40)38(18-31(32,33)34)20-13-16-26(36-17-20)37-29(39)19-9-4-3-5-10-19/h3-7,9-17,28H,2,8,18,35H2,1H3,(H,36,37,39). The zero-order valence-electron chi connectivity index (χ0n) is 21.7. The first kappa shape index (κ1) is 26.9. The molecule has 0 saturated heterocycles. The van der Waals surface area contributed by atoms with Crippen LogP contribution < -0.4 is 16.0 Å². The van der Waals surface area contributed by atoms with E-state index < -0.39 is 30.5 Å². The van der Waals surface area contributed by atoms with Crippen LogP contribution in [-0.2, 0) is 11.2 Å². The number of carbonyl (C=O) groups excluding carboxylic acids is 2. The van der Waals surface area contributed by atoms with Gasteiger partial charge in [-0.15, -0.1) is 0 Å². The van der Waals surface area contributed by atoms with E-state index in [-0.39, 0.29) is 11.5 Å². The fourth-order valence-electron chi connectivity index (χ4n) is 5.21. The Morgan fingerprint density at radius 1 is 0.950 bits per heavy atom. The van der Waals surface area contributed by atoms with E-state index in [4.69, 9.17) is 5.73 Å². The molecule has 4 aromatic rings. The zero-order chi connectivity index (χ0) is 28.4. The minimum atomic E-state index is -4.67. The predicted octanol–water partition coefficient (Wildman–Crippen LogP) is 6.58. The number of hydrogen-bond donors (Lipinski definition) is 2. The van der Waals surface area contributed by atoms with Gasteiger partial charge in [0.1, 0.15) is 12.4 Å². The third-order valence-corrected chi connectivity index (χ3v) is 6.93. The number of fused-ring (bicyclic) bond motifs is 3. The lowest BCUT2D eigenvalue weighted by Gasteiger charge is -2.28. The summed E-state index contributed by atoms with van der Waals surface area (Å²) in [4.78, 5) is 31.5. The van der Waals surface area contributed by atoms with Crippen LogP contribution in [0.4, 0.5) is 30.4 Å². The summed E-state index contributed by atoms with van der Waals surface area (Å²) in [5, 5.41) is 2.62. The molecule has 5 rings (SSSR count). The third-order valence-electron chi connectivity index (χ3n) is 6.93. The topological polar surface area (TPSA) is 88.3 Å². The smallest absolute Gasteiger partial charge is 0.398 e.